The number of Topliss-reactive ketones (excluding diaryl/α,β-unsaturated/α-hetero) is 1. The SMILES string of the molecule is CC(=O)c1ccc2nc(NC(=O)Oc3ccc4ccccc4c3)sc2c1. The van der Waals surface area contributed by atoms with Crippen molar-refractivity contribution in [3.05, 3.63) is 66.2 Å². The summed E-state index contributed by atoms with van der Waals surface area (Å²) in [5.74, 6) is 0.451. The molecule has 0 fully saturated rings. The van der Waals surface area contributed by atoms with Crippen LogP contribution in [0, 0.1) is 0 Å². The van der Waals surface area contributed by atoms with Crippen LogP contribution in [0.3, 0.4) is 0 Å². The normalized spacial score (nSPS) is 10.8. The zero-order chi connectivity index (χ0) is 18.1. The number of amides is 1. The summed E-state index contributed by atoms with van der Waals surface area (Å²) < 4.78 is 6.18. The number of aromatic nitrogens is 1. The summed E-state index contributed by atoms with van der Waals surface area (Å²) in [7, 11) is 0. The number of ketones is 1. The van der Waals surface area contributed by atoms with Crippen molar-refractivity contribution < 1.29 is 14.3 Å². The number of fused-ring (bicyclic) bond motifs is 2. The van der Waals surface area contributed by atoms with E-state index >= 15 is 0 Å². The number of nitrogens with zero attached hydrogens (tertiary/aromatic N) is 1. The monoisotopic (exact) mass is 362 g/mol. The molecule has 1 N–H and O–H groups in total. The van der Waals surface area contributed by atoms with Gasteiger partial charge in [-0.15, -0.1) is 0 Å². The molecule has 1 amide bonds. The van der Waals surface area contributed by atoms with Gasteiger partial charge in [-0.1, -0.05) is 41.7 Å². The van der Waals surface area contributed by atoms with Gasteiger partial charge < -0.3 is 4.74 Å². The number of hydrogen-bond donors (Lipinski definition) is 1. The van der Waals surface area contributed by atoms with Crippen LogP contribution in [0.2, 0.25) is 0 Å². The van der Waals surface area contributed by atoms with Gasteiger partial charge in [-0.2, -0.15) is 0 Å². The second kappa shape index (κ2) is 6.57. The molecule has 0 bridgehead atoms. The first-order valence-electron chi connectivity index (χ1n) is 7.98. The highest BCUT2D eigenvalue weighted by Crippen LogP contribution is 2.27. The quantitative estimate of drug-likeness (QED) is 0.505. The van der Waals surface area contributed by atoms with E-state index in [1.165, 1.54) is 18.3 Å². The average Bonchev–Trinajstić information content (AvgIpc) is 3.02. The van der Waals surface area contributed by atoms with Crippen molar-refractivity contribution in [2.75, 3.05) is 5.32 Å². The molecular formula is C20H14N2O3S. The van der Waals surface area contributed by atoms with Crippen LogP contribution < -0.4 is 10.1 Å². The predicted molar refractivity (Wildman–Crippen MR) is 103 cm³/mol. The highest BCUT2D eigenvalue weighted by molar-refractivity contribution is 7.22. The minimum absolute atomic E-state index is 0.00877. The van der Waals surface area contributed by atoms with E-state index in [-0.39, 0.29) is 5.78 Å². The molecule has 0 aliphatic rings. The Labute approximate surface area is 153 Å². The van der Waals surface area contributed by atoms with Gasteiger partial charge in [0, 0.05) is 5.56 Å². The smallest absolute Gasteiger partial charge is 0.410 e. The van der Waals surface area contributed by atoms with Gasteiger partial charge in [-0.25, -0.2) is 9.78 Å². The maximum absolute atomic E-state index is 12.1. The Kier molecular flexibility index (Phi) is 4.10. The lowest BCUT2D eigenvalue weighted by atomic mass is 10.1. The molecule has 0 saturated heterocycles. The maximum atomic E-state index is 12.1. The third kappa shape index (κ3) is 3.27. The first-order valence-corrected chi connectivity index (χ1v) is 8.79. The fourth-order valence-electron chi connectivity index (χ4n) is 2.65. The van der Waals surface area contributed by atoms with Crippen LogP contribution in [0.4, 0.5) is 9.93 Å². The minimum Gasteiger partial charge on any atom is -0.410 e. The number of thiazole rings is 1. The number of rotatable bonds is 3. The van der Waals surface area contributed by atoms with Crippen LogP contribution in [0.25, 0.3) is 21.0 Å². The second-order valence-electron chi connectivity index (χ2n) is 5.78. The van der Waals surface area contributed by atoms with Gasteiger partial charge in [0.25, 0.3) is 0 Å². The summed E-state index contributed by atoms with van der Waals surface area (Å²) in [5.41, 5.74) is 1.34. The van der Waals surface area contributed by atoms with Crippen molar-refractivity contribution in [1.29, 1.82) is 0 Å². The van der Waals surface area contributed by atoms with Gasteiger partial charge in [-0.05, 0) is 48.0 Å². The fraction of sp³-hybridized carbons (Fsp3) is 0.0500. The lowest BCUT2D eigenvalue weighted by molar-refractivity contribution is 0.101. The molecular weight excluding hydrogens is 348 g/mol. The van der Waals surface area contributed by atoms with Crippen LogP contribution >= 0.6 is 11.3 Å². The van der Waals surface area contributed by atoms with Crippen LogP contribution in [0.5, 0.6) is 5.75 Å². The van der Waals surface area contributed by atoms with Crippen LogP contribution in [-0.4, -0.2) is 16.9 Å². The zero-order valence-corrected chi connectivity index (χ0v) is 14.7. The summed E-state index contributed by atoms with van der Waals surface area (Å²) in [6, 6.07) is 18.6. The third-order valence-electron chi connectivity index (χ3n) is 3.94. The van der Waals surface area contributed by atoms with Gasteiger partial charge in [0.1, 0.15) is 5.75 Å². The number of nitrogens with one attached hydrogen (secondary N) is 1. The van der Waals surface area contributed by atoms with E-state index in [0.29, 0.717) is 16.4 Å². The summed E-state index contributed by atoms with van der Waals surface area (Å²) >= 11 is 1.30. The number of hydrogen-bond acceptors (Lipinski definition) is 5. The summed E-state index contributed by atoms with van der Waals surface area (Å²) in [6.45, 7) is 1.52. The van der Waals surface area contributed by atoms with Crippen molar-refractivity contribution in [2.24, 2.45) is 0 Å². The lowest BCUT2D eigenvalue weighted by Gasteiger charge is -2.05. The van der Waals surface area contributed by atoms with Gasteiger partial charge in [0.15, 0.2) is 10.9 Å². The first kappa shape index (κ1) is 16.2. The van der Waals surface area contributed by atoms with E-state index in [9.17, 15) is 9.59 Å². The van der Waals surface area contributed by atoms with E-state index in [2.05, 4.69) is 10.3 Å². The van der Waals surface area contributed by atoms with Crippen molar-refractivity contribution in [2.45, 2.75) is 6.92 Å². The highest BCUT2D eigenvalue weighted by Gasteiger charge is 2.11. The molecule has 0 spiro atoms. The molecule has 0 atom stereocenters. The molecule has 6 heteroatoms. The van der Waals surface area contributed by atoms with Crippen molar-refractivity contribution in [1.82, 2.24) is 4.98 Å². The molecule has 3 aromatic carbocycles. The molecule has 1 aromatic heterocycles. The third-order valence-corrected chi connectivity index (χ3v) is 4.87. The minimum atomic E-state index is -0.605. The first-order chi connectivity index (χ1) is 12.6. The zero-order valence-electron chi connectivity index (χ0n) is 13.9. The molecule has 0 radical (unpaired) electrons. The Bertz CT molecular complexity index is 1150. The molecule has 128 valence electrons. The van der Waals surface area contributed by atoms with E-state index in [4.69, 9.17) is 4.74 Å². The summed E-state index contributed by atoms with van der Waals surface area (Å²) in [5, 5.41) is 5.13. The predicted octanol–water partition coefficient (Wildman–Crippen LogP) is 5.26. The van der Waals surface area contributed by atoms with Crippen LogP contribution in [0.1, 0.15) is 17.3 Å². The van der Waals surface area contributed by atoms with Gasteiger partial charge in [0.05, 0.1) is 10.2 Å². The van der Waals surface area contributed by atoms with Gasteiger partial charge in [0.2, 0.25) is 0 Å². The Balaban J connectivity index is 1.51. The number of anilines is 1. The molecule has 0 saturated carbocycles. The van der Waals surface area contributed by atoms with Crippen molar-refractivity contribution in [3.63, 3.8) is 0 Å². The molecule has 0 unspecified atom stereocenters. The Hall–Kier alpha value is -3.25. The number of carbonyl (C=O) groups is 2. The van der Waals surface area contributed by atoms with E-state index < -0.39 is 6.09 Å². The largest absolute Gasteiger partial charge is 0.418 e. The van der Waals surface area contributed by atoms with Crippen LogP contribution in [-0.2, 0) is 0 Å². The molecule has 26 heavy (non-hydrogen) atoms. The van der Waals surface area contributed by atoms with Gasteiger partial charge >= 0.3 is 6.09 Å². The summed E-state index contributed by atoms with van der Waals surface area (Å²) in [6.07, 6.45) is -0.605. The van der Waals surface area contributed by atoms with Crippen molar-refractivity contribution in [3.8, 4) is 5.75 Å². The molecule has 1 heterocycles. The van der Waals surface area contributed by atoms with E-state index in [1.807, 2.05) is 36.4 Å². The fourth-order valence-corrected chi connectivity index (χ4v) is 3.54. The topological polar surface area (TPSA) is 68.3 Å². The lowest BCUT2D eigenvalue weighted by Crippen LogP contribution is -2.16. The Morgan fingerprint density at radius 3 is 2.62 bits per heavy atom. The Morgan fingerprint density at radius 2 is 1.81 bits per heavy atom. The second-order valence-corrected chi connectivity index (χ2v) is 6.81. The number of benzene rings is 3. The molecule has 4 aromatic rings. The van der Waals surface area contributed by atoms with Crippen molar-refractivity contribution >= 4 is 49.3 Å². The number of carbonyl (C=O) groups excluding carboxylic acids is 2. The van der Waals surface area contributed by atoms with Crippen LogP contribution in [0.15, 0.2) is 60.7 Å². The molecule has 5 nitrogen and oxygen atoms in total. The van der Waals surface area contributed by atoms with E-state index in [1.54, 1.807) is 24.3 Å². The molecule has 0 aliphatic carbocycles. The van der Waals surface area contributed by atoms with E-state index in [0.717, 1.165) is 21.0 Å². The average molecular weight is 362 g/mol. The summed E-state index contributed by atoms with van der Waals surface area (Å²) in [4.78, 5) is 28.0. The molecule has 0 aliphatic heterocycles. The number of ether oxygens (including phenoxy) is 1. The Morgan fingerprint density at radius 1 is 1.00 bits per heavy atom. The molecule has 4 rings (SSSR count). The standard InChI is InChI=1S/C20H14N2O3S/c1-12(23)14-7-9-17-18(11-14)26-19(21-17)22-20(24)25-16-8-6-13-4-2-3-5-15(13)10-16/h2-11H,1H3,(H,21,22,24). The maximum Gasteiger partial charge on any atom is 0.418 e. The highest BCUT2D eigenvalue weighted by atomic mass is 32.1. The van der Waals surface area contributed by atoms with Gasteiger partial charge in [-0.3, -0.25) is 10.1 Å².